The van der Waals surface area contributed by atoms with Gasteiger partial charge in [-0.15, -0.1) is 0 Å². The number of furan rings is 1. The Morgan fingerprint density at radius 3 is 1.88 bits per heavy atom. The van der Waals surface area contributed by atoms with E-state index in [2.05, 4.69) is 202 Å². The van der Waals surface area contributed by atoms with Crippen LogP contribution in [0, 0.1) is 5.41 Å². The number of rotatable bonds is 2. The number of fused-ring (bicyclic) bond motifs is 14. The topological polar surface area (TPSA) is 16.4 Å². The lowest BCUT2D eigenvalue weighted by Crippen LogP contribution is -2.45. The Bertz CT molecular complexity index is 3140. The molecule has 0 saturated heterocycles. The van der Waals surface area contributed by atoms with Crippen molar-refractivity contribution in [3.63, 3.8) is 0 Å². The predicted octanol–water partition coefficient (Wildman–Crippen LogP) is 14.2. The van der Waals surface area contributed by atoms with Gasteiger partial charge in [0.2, 0.25) is 0 Å². The molecule has 1 spiro atoms. The fraction of sp³-hybridized carbons (Fsp3) is 0.127. The highest BCUT2D eigenvalue weighted by atomic mass is 16.3. The van der Waals surface area contributed by atoms with Crippen LogP contribution < -0.4 is 4.90 Å². The number of benzene rings is 8. The summed E-state index contributed by atoms with van der Waals surface area (Å²) in [7, 11) is 0. The van der Waals surface area contributed by atoms with E-state index in [0.717, 1.165) is 21.9 Å². The molecule has 2 unspecified atom stereocenters. The van der Waals surface area contributed by atoms with Crippen LogP contribution in [0.2, 0.25) is 0 Å². The summed E-state index contributed by atoms with van der Waals surface area (Å²) in [5, 5.41) is 2.30. The molecule has 57 heavy (non-hydrogen) atoms. The van der Waals surface area contributed by atoms with Gasteiger partial charge in [0, 0.05) is 28.2 Å². The van der Waals surface area contributed by atoms with Gasteiger partial charge in [0.25, 0.3) is 0 Å². The number of nitrogens with zero attached hydrogens (tertiary/aromatic N) is 1. The van der Waals surface area contributed by atoms with Crippen LogP contribution in [-0.2, 0) is 10.8 Å². The summed E-state index contributed by atoms with van der Waals surface area (Å²) >= 11 is 0. The van der Waals surface area contributed by atoms with E-state index in [1.807, 2.05) is 0 Å². The van der Waals surface area contributed by atoms with Gasteiger partial charge in [-0.3, -0.25) is 0 Å². The molecule has 2 heteroatoms. The van der Waals surface area contributed by atoms with E-state index >= 15 is 0 Å². The molecule has 4 aliphatic rings. The van der Waals surface area contributed by atoms with Crippen LogP contribution in [0.5, 0.6) is 0 Å². The quantitative estimate of drug-likeness (QED) is 0.176. The largest absolute Gasteiger partial charge is 0.456 e. The highest BCUT2D eigenvalue weighted by Crippen LogP contribution is 2.74. The molecule has 1 aromatic heterocycles. The summed E-state index contributed by atoms with van der Waals surface area (Å²) in [6.45, 7) is 7.61. The third-order valence-corrected chi connectivity index (χ3v) is 14.7. The second-order valence-electron chi connectivity index (χ2n) is 17.4. The first-order chi connectivity index (χ1) is 27.9. The van der Waals surface area contributed by atoms with Gasteiger partial charge in [0.05, 0.1) is 22.5 Å². The second kappa shape index (κ2) is 10.6. The van der Waals surface area contributed by atoms with Crippen LogP contribution in [0.25, 0.3) is 44.2 Å². The lowest BCUT2D eigenvalue weighted by Gasteiger charge is -2.54. The monoisotopic (exact) mass is 729 g/mol. The summed E-state index contributed by atoms with van der Waals surface area (Å²) in [6, 6.07) is 66.2. The summed E-state index contributed by atoms with van der Waals surface area (Å²) in [4.78, 5) is 2.64. The maximum Gasteiger partial charge on any atom is 0.137 e. The lowest BCUT2D eigenvalue weighted by molar-refractivity contribution is 0.219. The molecule has 0 fully saturated rings. The van der Waals surface area contributed by atoms with Crippen molar-refractivity contribution in [2.75, 3.05) is 4.90 Å². The number of anilines is 3. The average molecular weight is 730 g/mol. The third kappa shape index (κ3) is 3.60. The van der Waals surface area contributed by atoms with Gasteiger partial charge in [-0.1, -0.05) is 160 Å². The first kappa shape index (κ1) is 31.6. The van der Waals surface area contributed by atoms with E-state index in [-0.39, 0.29) is 16.7 Å². The van der Waals surface area contributed by atoms with Crippen molar-refractivity contribution in [2.45, 2.75) is 37.5 Å². The van der Waals surface area contributed by atoms with Crippen molar-refractivity contribution in [2.24, 2.45) is 5.41 Å². The van der Waals surface area contributed by atoms with Crippen molar-refractivity contribution in [1.82, 2.24) is 0 Å². The van der Waals surface area contributed by atoms with E-state index in [1.54, 1.807) is 0 Å². The molecule has 9 aromatic rings. The Morgan fingerprint density at radius 2 is 1.12 bits per heavy atom. The molecule has 0 N–H and O–H groups in total. The molecule has 0 amide bonds. The van der Waals surface area contributed by atoms with Gasteiger partial charge in [-0.2, -0.15) is 0 Å². The first-order valence-corrected chi connectivity index (χ1v) is 20.3. The molecule has 0 radical (unpaired) electrons. The SMILES string of the molecule is CC12c3cc(-c4ccccc4)cc4c3N(c3cc5oc6ccccc6c5cc3C43c4ccccc4-c4ccccc43)c3cccc(c31)C(c1ccccc1)C2(C)C. The van der Waals surface area contributed by atoms with Gasteiger partial charge in [0.1, 0.15) is 11.2 Å². The van der Waals surface area contributed by atoms with Crippen molar-refractivity contribution < 1.29 is 4.42 Å². The highest BCUT2D eigenvalue weighted by Gasteiger charge is 2.63. The maximum atomic E-state index is 6.76. The van der Waals surface area contributed by atoms with Crippen LogP contribution in [-0.4, -0.2) is 0 Å². The number of hydrogen-bond acceptors (Lipinski definition) is 2. The highest BCUT2D eigenvalue weighted by molar-refractivity contribution is 6.10. The van der Waals surface area contributed by atoms with Crippen LogP contribution >= 0.6 is 0 Å². The number of hydrogen-bond donors (Lipinski definition) is 0. The number of para-hydroxylation sites is 1. The molecule has 3 heterocycles. The Hall–Kier alpha value is -6.64. The molecule has 0 saturated carbocycles. The Morgan fingerprint density at radius 1 is 0.474 bits per heavy atom. The minimum atomic E-state index is -0.590. The van der Waals surface area contributed by atoms with Crippen LogP contribution in [0.3, 0.4) is 0 Å². The zero-order chi connectivity index (χ0) is 37.8. The molecule has 270 valence electrons. The Balaban J connectivity index is 1.26. The summed E-state index contributed by atoms with van der Waals surface area (Å²) in [5.74, 6) is 0.204. The zero-order valence-electron chi connectivity index (χ0n) is 32.2. The minimum Gasteiger partial charge on any atom is -0.456 e. The molecule has 13 rings (SSSR count). The van der Waals surface area contributed by atoms with Crippen molar-refractivity contribution in [3.8, 4) is 22.3 Å². The first-order valence-electron chi connectivity index (χ1n) is 20.3. The van der Waals surface area contributed by atoms with Crippen LogP contribution in [0.15, 0.2) is 180 Å². The summed E-state index contributed by atoms with van der Waals surface area (Å²) < 4.78 is 6.76. The average Bonchev–Trinajstić information content (AvgIpc) is 3.83. The van der Waals surface area contributed by atoms with Gasteiger partial charge >= 0.3 is 0 Å². The smallest absolute Gasteiger partial charge is 0.137 e. The normalized spacial score (nSPS) is 19.6. The van der Waals surface area contributed by atoms with Crippen LogP contribution in [0.4, 0.5) is 17.1 Å². The predicted molar refractivity (Wildman–Crippen MR) is 233 cm³/mol. The molecule has 2 atom stereocenters. The van der Waals surface area contributed by atoms with E-state index in [4.69, 9.17) is 4.42 Å². The van der Waals surface area contributed by atoms with Gasteiger partial charge in [-0.05, 0) is 103 Å². The summed E-state index contributed by atoms with van der Waals surface area (Å²) in [6.07, 6.45) is 0. The molecule has 8 aromatic carbocycles. The fourth-order valence-corrected chi connectivity index (χ4v) is 12.2. The molecular weight excluding hydrogens is 691 g/mol. The van der Waals surface area contributed by atoms with Crippen molar-refractivity contribution in [3.05, 3.63) is 220 Å². The molecule has 0 bridgehead atoms. The van der Waals surface area contributed by atoms with Gasteiger partial charge < -0.3 is 9.32 Å². The fourth-order valence-electron chi connectivity index (χ4n) is 12.2. The molecular formula is C55H39NO. The van der Waals surface area contributed by atoms with Crippen LogP contribution in [0.1, 0.15) is 71.2 Å². The van der Waals surface area contributed by atoms with E-state index in [1.165, 1.54) is 83.8 Å². The summed E-state index contributed by atoms with van der Waals surface area (Å²) in [5.41, 5.74) is 20.5. The van der Waals surface area contributed by atoms with Crippen molar-refractivity contribution in [1.29, 1.82) is 0 Å². The van der Waals surface area contributed by atoms with Crippen molar-refractivity contribution >= 4 is 39.0 Å². The third-order valence-electron chi connectivity index (χ3n) is 14.7. The molecule has 2 aliphatic heterocycles. The van der Waals surface area contributed by atoms with E-state index in [9.17, 15) is 0 Å². The van der Waals surface area contributed by atoms with E-state index in [0.29, 0.717) is 0 Å². The molecule has 2 nitrogen and oxygen atoms in total. The standard InChI is InChI=1S/C55H39NO/c1-53(2)50(34-19-8-5-9-20-34)39-24-16-27-46-51(39)54(53,3)44-29-35(33-17-6-4-7-18-33)30-45-52(44)56(46)47-32-49-40(38-23-12-15-28-48(38)57-49)31-43(47)55(45)41-25-13-10-21-36(41)37-22-11-14-26-42(37)55/h4-32,50H,1-3H3. The minimum absolute atomic E-state index is 0.177. The Kier molecular flexibility index (Phi) is 5.87. The maximum absolute atomic E-state index is 6.76. The molecule has 2 aliphatic carbocycles. The zero-order valence-corrected chi connectivity index (χ0v) is 32.2. The Labute approximate surface area is 332 Å². The van der Waals surface area contributed by atoms with Gasteiger partial charge in [-0.25, -0.2) is 0 Å². The lowest BCUT2D eigenvalue weighted by atomic mass is 9.55. The second-order valence-corrected chi connectivity index (χ2v) is 17.4. The van der Waals surface area contributed by atoms with Gasteiger partial charge in [0.15, 0.2) is 0 Å². The van der Waals surface area contributed by atoms with E-state index < -0.39 is 5.41 Å².